The summed E-state index contributed by atoms with van der Waals surface area (Å²) in [5.74, 6) is -1.80. The normalized spacial score (nSPS) is 16.0. The van der Waals surface area contributed by atoms with Crippen molar-refractivity contribution in [3.8, 4) is 0 Å². The zero-order valence-corrected chi connectivity index (χ0v) is 15.4. The van der Waals surface area contributed by atoms with Crippen LogP contribution in [0.3, 0.4) is 0 Å². The maximum Gasteiger partial charge on any atom is 0.471 e. The van der Waals surface area contributed by atoms with Gasteiger partial charge in [-0.1, -0.05) is 37.5 Å². The van der Waals surface area contributed by atoms with E-state index in [0.29, 0.717) is 24.1 Å². The molecule has 9 heteroatoms. The Morgan fingerprint density at radius 3 is 2.71 bits per heavy atom. The number of alkyl halides is 3. The highest BCUT2D eigenvalue weighted by Crippen LogP contribution is 2.30. The van der Waals surface area contributed by atoms with Crippen molar-refractivity contribution in [2.45, 2.75) is 57.8 Å². The summed E-state index contributed by atoms with van der Waals surface area (Å²) in [5, 5.41) is 12.5. The van der Waals surface area contributed by atoms with Crippen LogP contribution in [-0.2, 0) is 11.3 Å². The van der Waals surface area contributed by atoms with E-state index in [4.69, 9.17) is 0 Å². The van der Waals surface area contributed by atoms with E-state index in [2.05, 4.69) is 15.5 Å². The van der Waals surface area contributed by atoms with Gasteiger partial charge in [0.1, 0.15) is 0 Å². The molecule has 3 aromatic rings. The van der Waals surface area contributed by atoms with Gasteiger partial charge in [-0.05, 0) is 41.8 Å². The van der Waals surface area contributed by atoms with Gasteiger partial charge in [0.15, 0.2) is 5.65 Å². The summed E-state index contributed by atoms with van der Waals surface area (Å²) in [6.07, 6.45) is -1.12. The van der Waals surface area contributed by atoms with E-state index in [1.165, 1.54) is 4.52 Å². The fraction of sp³-hybridized carbons (Fsp3) is 0.474. The van der Waals surface area contributed by atoms with Crippen molar-refractivity contribution >= 4 is 22.5 Å². The molecule has 6 nitrogen and oxygen atoms in total. The number of amides is 1. The summed E-state index contributed by atoms with van der Waals surface area (Å²) < 4.78 is 41.4. The van der Waals surface area contributed by atoms with Gasteiger partial charge in [0.2, 0.25) is 0 Å². The number of hydrogen-bond acceptors (Lipinski definition) is 4. The minimum absolute atomic E-state index is 0.170. The van der Waals surface area contributed by atoms with Crippen LogP contribution in [0.4, 0.5) is 13.2 Å². The number of fused-ring (bicyclic) bond motifs is 3. The molecule has 0 spiro atoms. The third kappa shape index (κ3) is 3.29. The third-order valence-electron chi connectivity index (χ3n) is 5.43. The summed E-state index contributed by atoms with van der Waals surface area (Å²) in [6, 6.07) is 7.02. The first kappa shape index (κ1) is 18.6. The smallest absolute Gasteiger partial charge is 0.327 e. The van der Waals surface area contributed by atoms with Gasteiger partial charge in [-0.15, -0.1) is 5.10 Å². The van der Waals surface area contributed by atoms with Crippen molar-refractivity contribution in [3.63, 3.8) is 0 Å². The van der Waals surface area contributed by atoms with Gasteiger partial charge < -0.3 is 4.90 Å². The van der Waals surface area contributed by atoms with Crippen LogP contribution in [0, 0.1) is 6.92 Å². The van der Waals surface area contributed by atoms with Gasteiger partial charge in [0.25, 0.3) is 0 Å². The molecule has 0 N–H and O–H groups in total. The molecule has 148 valence electrons. The van der Waals surface area contributed by atoms with Gasteiger partial charge in [0, 0.05) is 17.0 Å². The van der Waals surface area contributed by atoms with Crippen LogP contribution in [0.1, 0.15) is 43.2 Å². The number of carbonyl (C=O) groups is 1. The number of hydrogen-bond donors (Lipinski definition) is 0. The minimum atomic E-state index is -4.91. The number of tetrazole rings is 1. The molecule has 1 saturated carbocycles. The Morgan fingerprint density at radius 1 is 1.25 bits per heavy atom. The molecule has 2 heterocycles. The van der Waals surface area contributed by atoms with Crippen molar-refractivity contribution in [3.05, 3.63) is 35.4 Å². The highest BCUT2D eigenvalue weighted by atomic mass is 19.4. The van der Waals surface area contributed by atoms with Crippen molar-refractivity contribution < 1.29 is 18.0 Å². The molecule has 0 atom stereocenters. The topological polar surface area (TPSA) is 63.4 Å². The number of aryl methyl sites for hydroxylation is 1. The Balaban J connectivity index is 1.80. The Hall–Kier alpha value is -2.71. The molecule has 0 bridgehead atoms. The zero-order chi connectivity index (χ0) is 19.9. The molecule has 2 aromatic heterocycles. The lowest BCUT2D eigenvalue weighted by Gasteiger charge is -2.34. The minimum Gasteiger partial charge on any atom is -0.327 e. The van der Waals surface area contributed by atoms with E-state index < -0.39 is 18.1 Å². The second kappa shape index (κ2) is 7.03. The fourth-order valence-electron chi connectivity index (χ4n) is 4.10. The first-order chi connectivity index (χ1) is 13.4. The lowest BCUT2D eigenvalue weighted by atomic mass is 9.93. The summed E-state index contributed by atoms with van der Waals surface area (Å²) in [4.78, 5) is 13.2. The van der Waals surface area contributed by atoms with E-state index in [1.807, 2.05) is 25.1 Å². The Morgan fingerprint density at radius 2 is 2.00 bits per heavy atom. The molecule has 0 radical (unpaired) electrons. The van der Waals surface area contributed by atoms with Crippen molar-refractivity contribution in [2.24, 2.45) is 0 Å². The number of para-hydroxylation sites is 1. The molecule has 0 aliphatic heterocycles. The van der Waals surface area contributed by atoms with Gasteiger partial charge >= 0.3 is 12.1 Å². The summed E-state index contributed by atoms with van der Waals surface area (Å²) in [7, 11) is 0. The molecule has 28 heavy (non-hydrogen) atoms. The fourth-order valence-corrected chi connectivity index (χ4v) is 4.10. The predicted molar refractivity (Wildman–Crippen MR) is 96.5 cm³/mol. The van der Waals surface area contributed by atoms with Gasteiger partial charge in [-0.3, -0.25) is 4.79 Å². The van der Waals surface area contributed by atoms with Gasteiger partial charge in [-0.2, -0.15) is 17.7 Å². The van der Waals surface area contributed by atoms with Crippen LogP contribution >= 0.6 is 0 Å². The summed E-state index contributed by atoms with van der Waals surface area (Å²) in [6.45, 7) is 1.75. The van der Waals surface area contributed by atoms with Crippen molar-refractivity contribution in [1.29, 1.82) is 0 Å². The highest BCUT2D eigenvalue weighted by Gasteiger charge is 2.45. The molecule has 1 aliphatic rings. The maximum absolute atomic E-state index is 13.3. The van der Waals surface area contributed by atoms with Gasteiger partial charge in [0.05, 0.1) is 12.1 Å². The molecular weight excluding hydrogens is 371 g/mol. The zero-order valence-electron chi connectivity index (χ0n) is 15.4. The van der Waals surface area contributed by atoms with E-state index in [-0.39, 0.29) is 6.54 Å². The number of benzene rings is 1. The third-order valence-corrected chi connectivity index (χ3v) is 5.43. The van der Waals surface area contributed by atoms with E-state index in [1.54, 1.807) is 6.07 Å². The molecule has 4 rings (SSSR count). The summed E-state index contributed by atoms with van der Waals surface area (Å²) in [5.41, 5.74) is 2.64. The number of carbonyl (C=O) groups excluding carboxylic acids is 1. The van der Waals surface area contributed by atoms with Crippen LogP contribution in [0.2, 0.25) is 0 Å². The van der Waals surface area contributed by atoms with Crippen molar-refractivity contribution in [1.82, 2.24) is 24.9 Å². The average Bonchev–Trinajstić information content (AvgIpc) is 3.15. The SMILES string of the molecule is Cc1cccc2cc(CN(C(=O)C(F)(F)F)C3CCCCC3)c3nnnn3c12. The number of halogens is 3. The van der Waals surface area contributed by atoms with Crippen LogP contribution < -0.4 is 0 Å². The van der Waals surface area contributed by atoms with Crippen molar-refractivity contribution in [2.75, 3.05) is 0 Å². The maximum atomic E-state index is 13.3. The Kier molecular flexibility index (Phi) is 4.68. The molecule has 0 saturated heterocycles. The Bertz CT molecular complexity index is 1020. The lowest BCUT2D eigenvalue weighted by molar-refractivity contribution is -0.189. The van der Waals surface area contributed by atoms with E-state index in [9.17, 15) is 18.0 Å². The first-order valence-electron chi connectivity index (χ1n) is 9.33. The average molecular weight is 391 g/mol. The number of rotatable bonds is 3. The van der Waals surface area contributed by atoms with Crippen LogP contribution in [0.5, 0.6) is 0 Å². The molecule has 1 aromatic carbocycles. The molecule has 1 amide bonds. The summed E-state index contributed by atoms with van der Waals surface area (Å²) >= 11 is 0. The second-order valence-corrected chi connectivity index (χ2v) is 7.32. The first-order valence-corrected chi connectivity index (χ1v) is 9.33. The number of pyridine rings is 1. The van der Waals surface area contributed by atoms with Crippen LogP contribution in [-0.4, -0.2) is 43.1 Å². The number of nitrogens with zero attached hydrogens (tertiary/aromatic N) is 5. The van der Waals surface area contributed by atoms with Gasteiger partial charge in [-0.25, -0.2) is 0 Å². The Labute approximate surface area is 159 Å². The molecular formula is C19H20F3N5O. The van der Waals surface area contributed by atoms with E-state index >= 15 is 0 Å². The number of aromatic nitrogens is 4. The standard InChI is InChI=1S/C19H20F3N5O/c1-12-6-5-7-13-10-14(17-23-24-25-27(17)16(12)13)11-26(18(28)19(20,21)22)15-8-3-2-4-9-15/h5-7,10,15H,2-4,8-9,11H2,1H3. The highest BCUT2D eigenvalue weighted by molar-refractivity contribution is 5.86. The van der Waals surface area contributed by atoms with Crippen LogP contribution in [0.15, 0.2) is 24.3 Å². The molecule has 1 fully saturated rings. The molecule has 1 aliphatic carbocycles. The lowest BCUT2D eigenvalue weighted by Crippen LogP contribution is -2.47. The second-order valence-electron chi connectivity index (χ2n) is 7.32. The van der Waals surface area contributed by atoms with E-state index in [0.717, 1.165) is 40.6 Å². The quantitative estimate of drug-likeness (QED) is 0.681. The predicted octanol–water partition coefficient (Wildman–Crippen LogP) is 3.81. The largest absolute Gasteiger partial charge is 0.471 e. The molecule has 0 unspecified atom stereocenters. The van der Waals surface area contributed by atoms with Crippen LogP contribution in [0.25, 0.3) is 16.6 Å². The monoisotopic (exact) mass is 391 g/mol.